The fourth-order valence-corrected chi connectivity index (χ4v) is 3.63. The van der Waals surface area contributed by atoms with Crippen LogP contribution in [0.2, 0.25) is 0 Å². The van der Waals surface area contributed by atoms with Crippen LogP contribution in [-0.2, 0) is 0 Å². The van der Waals surface area contributed by atoms with Gasteiger partial charge in [0, 0.05) is 30.1 Å². The summed E-state index contributed by atoms with van der Waals surface area (Å²) in [4.78, 5) is 16.0. The van der Waals surface area contributed by atoms with Crippen molar-refractivity contribution in [3.63, 3.8) is 0 Å². The van der Waals surface area contributed by atoms with Crippen molar-refractivity contribution in [3.8, 4) is 22.6 Å². The normalized spacial score (nSPS) is 15.2. The van der Waals surface area contributed by atoms with E-state index in [-0.39, 0.29) is 6.04 Å². The van der Waals surface area contributed by atoms with Gasteiger partial charge in [-0.05, 0) is 18.9 Å². The van der Waals surface area contributed by atoms with Crippen LogP contribution in [0, 0.1) is 0 Å². The molecule has 3 N–H and O–H groups in total. The Morgan fingerprint density at radius 2 is 1.82 bits per heavy atom. The van der Waals surface area contributed by atoms with Gasteiger partial charge in [-0.15, -0.1) is 0 Å². The average Bonchev–Trinajstić information content (AvgIpc) is 3.18. The number of rotatable bonds is 3. The lowest BCUT2D eigenvalue weighted by Gasteiger charge is -2.30. The van der Waals surface area contributed by atoms with Crippen molar-refractivity contribution < 1.29 is 0 Å². The molecule has 1 fully saturated rings. The number of nitrogens with two attached hydrogens (primary N) is 1. The maximum atomic E-state index is 6.02. The Morgan fingerprint density at radius 3 is 2.64 bits per heavy atom. The van der Waals surface area contributed by atoms with Gasteiger partial charge in [0.1, 0.15) is 17.2 Å². The van der Waals surface area contributed by atoms with Crippen LogP contribution in [0.3, 0.4) is 0 Å². The first-order valence-corrected chi connectivity index (χ1v) is 9.50. The Labute approximate surface area is 162 Å². The summed E-state index contributed by atoms with van der Waals surface area (Å²) in [6, 6.07) is 12.4. The topological polar surface area (TPSA) is 96.6 Å². The lowest BCUT2D eigenvalue weighted by atomic mass is 10.1. The van der Waals surface area contributed by atoms with E-state index in [0.29, 0.717) is 0 Å². The molecule has 7 nitrogen and oxygen atoms in total. The molecule has 4 aromatic rings. The molecule has 0 radical (unpaired) electrons. The molecule has 1 aromatic carbocycles. The molecule has 3 aromatic heterocycles. The first-order valence-electron chi connectivity index (χ1n) is 9.50. The molecule has 28 heavy (non-hydrogen) atoms. The lowest BCUT2D eigenvalue weighted by Crippen LogP contribution is -2.40. The SMILES string of the molecule is NC1CCN(c2cncc(-c3cc4c(-c5ccccc5)n[nH]c4cn3)n2)CC1. The average molecular weight is 371 g/mol. The standard InChI is InChI=1S/C21H21N7/c22-15-6-8-28(9-7-15)20-13-23-11-19(25-20)17-10-16-18(12-24-17)26-27-21(16)14-4-2-1-3-5-14/h1-5,10-13,15H,6-9,22H2,(H,26,27). The molecule has 1 saturated heterocycles. The maximum absolute atomic E-state index is 6.02. The molecule has 1 aliphatic heterocycles. The van der Waals surface area contributed by atoms with E-state index in [4.69, 9.17) is 10.7 Å². The summed E-state index contributed by atoms with van der Waals surface area (Å²) in [7, 11) is 0. The van der Waals surface area contributed by atoms with Gasteiger partial charge in [-0.25, -0.2) is 4.98 Å². The van der Waals surface area contributed by atoms with Crippen LogP contribution < -0.4 is 10.6 Å². The van der Waals surface area contributed by atoms with Gasteiger partial charge in [-0.1, -0.05) is 30.3 Å². The third kappa shape index (κ3) is 3.10. The molecule has 0 amide bonds. The number of hydrogen-bond donors (Lipinski definition) is 2. The Hall–Kier alpha value is -3.32. The molecule has 4 heterocycles. The van der Waals surface area contributed by atoms with Crippen LogP contribution in [-0.4, -0.2) is 44.3 Å². The highest BCUT2D eigenvalue weighted by molar-refractivity contribution is 5.94. The zero-order valence-electron chi connectivity index (χ0n) is 15.4. The Balaban J connectivity index is 1.52. The van der Waals surface area contributed by atoms with E-state index in [1.165, 1.54) is 0 Å². The highest BCUT2D eigenvalue weighted by Crippen LogP contribution is 2.29. The van der Waals surface area contributed by atoms with Crippen LogP contribution >= 0.6 is 0 Å². The second kappa shape index (κ2) is 7.01. The van der Waals surface area contributed by atoms with Crippen molar-refractivity contribution in [3.05, 3.63) is 55.0 Å². The molecule has 1 aliphatic rings. The number of nitrogens with zero attached hydrogens (tertiary/aromatic N) is 5. The van der Waals surface area contributed by atoms with Gasteiger partial charge < -0.3 is 10.6 Å². The van der Waals surface area contributed by atoms with E-state index in [9.17, 15) is 0 Å². The molecule has 0 spiro atoms. The van der Waals surface area contributed by atoms with Gasteiger partial charge >= 0.3 is 0 Å². The van der Waals surface area contributed by atoms with Crippen LogP contribution in [0.25, 0.3) is 33.5 Å². The van der Waals surface area contributed by atoms with E-state index < -0.39 is 0 Å². The van der Waals surface area contributed by atoms with Gasteiger partial charge in [-0.2, -0.15) is 5.10 Å². The molecule has 0 aliphatic carbocycles. The molecule has 5 rings (SSSR count). The first-order chi connectivity index (χ1) is 13.8. The zero-order valence-corrected chi connectivity index (χ0v) is 15.4. The van der Waals surface area contributed by atoms with Gasteiger partial charge in [0.05, 0.1) is 29.8 Å². The Bertz CT molecular complexity index is 1100. The zero-order chi connectivity index (χ0) is 18.9. The third-order valence-corrected chi connectivity index (χ3v) is 5.24. The molecule has 0 saturated carbocycles. The predicted molar refractivity (Wildman–Crippen MR) is 110 cm³/mol. The quantitative estimate of drug-likeness (QED) is 0.575. The summed E-state index contributed by atoms with van der Waals surface area (Å²) in [5, 5.41) is 8.56. The molecule has 0 bridgehead atoms. The molecule has 140 valence electrons. The highest BCUT2D eigenvalue weighted by Gasteiger charge is 2.18. The van der Waals surface area contributed by atoms with Crippen LogP contribution in [0.5, 0.6) is 0 Å². The molecule has 7 heteroatoms. The molecular formula is C21H21N7. The predicted octanol–water partition coefficient (Wildman–Crippen LogP) is 3.01. The van der Waals surface area contributed by atoms with Crippen LogP contribution in [0.15, 0.2) is 55.0 Å². The van der Waals surface area contributed by atoms with E-state index in [2.05, 4.69) is 37.2 Å². The number of anilines is 1. The Morgan fingerprint density at radius 1 is 1.00 bits per heavy atom. The fraction of sp³-hybridized carbons (Fsp3) is 0.238. The largest absolute Gasteiger partial charge is 0.355 e. The molecular weight excluding hydrogens is 350 g/mol. The smallest absolute Gasteiger partial charge is 0.147 e. The van der Waals surface area contributed by atoms with Gasteiger partial charge in [0.2, 0.25) is 0 Å². The summed E-state index contributed by atoms with van der Waals surface area (Å²) >= 11 is 0. The summed E-state index contributed by atoms with van der Waals surface area (Å²) in [5.41, 5.74) is 10.4. The number of aromatic amines is 1. The monoisotopic (exact) mass is 371 g/mol. The number of piperidine rings is 1. The number of nitrogens with one attached hydrogen (secondary N) is 1. The summed E-state index contributed by atoms with van der Waals surface area (Å²) in [6.07, 6.45) is 7.33. The summed E-state index contributed by atoms with van der Waals surface area (Å²) in [5.74, 6) is 0.877. The Kier molecular flexibility index (Phi) is 4.21. The lowest BCUT2D eigenvalue weighted by molar-refractivity contribution is 0.498. The fourth-order valence-electron chi connectivity index (χ4n) is 3.63. The van der Waals surface area contributed by atoms with Crippen LogP contribution in [0.1, 0.15) is 12.8 Å². The summed E-state index contributed by atoms with van der Waals surface area (Å²) < 4.78 is 0. The van der Waals surface area contributed by atoms with Crippen molar-refractivity contribution in [1.29, 1.82) is 0 Å². The van der Waals surface area contributed by atoms with Crippen molar-refractivity contribution in [2.45, 2.75) is 18.9 Å². The van der Waals surface area contributed by atoms with Crippen molar-refractivity contribution in [1.82, 2.24) is 25.1 Å². The minimum Gasteiger partial charge on any atom is -0.355 e. The van der Waals surface area contributed by atoms with E-state index in [1.807, 2.05) is 30.5 Å². The molecule has 0 atom stereocenters. The minimum atomic E-state index is 0.286. The van der Waals surface area contributed by atoms with E-state index >= 15 is 0 Å². The second-order valence-corrected chi connectivity index (χ2v) is 7.14. The number of hydrogen-bond acceptors (Lipinski definition) is 6. The number of fused-ring (bicyclic) bond motifs is 1. The van der Waals surface area contributed by atoms with E-state index in [1.54, 1.807) is 12.4 Å². The summed E-state index contributed by atoms with van der Waals surface area (Å²) in [6.45, 7) is 1.82. The van der Waals surface area contributed by atoms with Gasteiger partial charge in [-0.3, -0.25) is 15.1 Å². The van der Waals surface area contributed by atoms with Crippen LogP contribution in [0.4, 0.5) is 5.82 Å². The van der Waals surface area contributed by atoms with Gasteiger partial charge in [0.15, 0.2) is 0 Å². The van der Waals surface area contributed by atoms with Crippen molar-refractivity contribution in [2.24, 2.45) is 5.73 Å². The highest BCUT2D eigenvalue weighted by atomic mass is 15.2. The number of benzene rings is 1. The van der Waals surface area contributed by atoms with Crippen molar-refractivity contribution in [2.75, 3.05) is 18.0 Å². The van der Waals surface area contributed by atoms with E-state index in [0.717, 1.165) is 65.3 Å². The number of aromatic nitrogens is 5. The molecule has 0 unspecified atom stereocenters. The second-order valence-electron chi connectivity index (χ2n) is 7.14. The number of pyridine rings is 1. The number of H-pyrrole nitrogens is 1. The minimum absolute atomic E-state index is 0.286. The first kappa shape index (κ1) is 16.8. The van der Waals surface area contributed by atoms with Crippen molar-refractivity contribution >= 4 is 16.7 Å². The van der Waals surface area contributed by atoms with Gasteiger partial charge in [0.25, 0.3) is 0 Å². The maximum Gasteiger partial charge on any atom is 0.147 e. The third-order valence-electron chi connectivity index (χ3n) is 5.24.